The molecule has 1 aromatic heterocycles. The Labute approximate surface area is 177 Å². The molecule has 0 aliphatic rings. The van der Waals surface area contributed by atoms with Gasteiger partial charge in [0.25, 0.3) is 0 Å². The van der Waals surface area contributed by atoms with Crippen LogP contribution in [0.25, 0.3) is 0 Å². The highest BCUT2D eigenvalue weighted by molar-refractivity contribution is 7.89. The Balaban J connectivity index is 2.04. The molecule has 160 valence electrons. The minimum absolute atomic E-state index is 0.0687. The summed E-state index contributed by atoms with van der Waals surface area (Å²) in [6.07, 6.45) is 0.235. The first-order valence-corrected chi connectivity index (χ1v) is 11.1. The van der Waals surface area contributed by atoms with E-state index in [0.29, 0.717) is 13.1 Å². The molecular weight excluding hydrogens is 414 g/mol. The van der Waals surface area contributed by atoms with Crippen molar-refractivity contribution in [1.82, 2.24) is 9.21 Å². The third kappa shape index (κ3) is 6.30. The summed E-state index contributed by atoms with van der Waals surface area (Å²) in [7, 11) is -0.722. The van der Waals surface area contributed by atoms with Crippen LogP contribution in [0.4, 0.5) is 5.69 Å². The number of amides is 1. The highest BCUT2D eigenvalue weighted by Gasteiger charge is 2.20. The van der Waals surface area contributed by atoms with Gasteiger partial charge in [0.2, 0.25) is 15.9 Å². The maximum Gasteiger partial charge on any atom is 0.242 e. The SMILES string of the molecule is Cc1ccc(CN(CCC(=O)Nc2cc(S(=O)(=O)N(C)C)ccc2Cl)C(C)C)o1. The Bertz CT molecular complexity index is 954. The fourth-order valence-corrected chi connectivity index (χ4v) is 3.81. The number of anilines is 1. The van der Waals surface area contributed by atoms with Gasteiger partial charge in [0.05, 0.1) is 22.2 Å². The first-order chi connectivity index (χ1) is 13.5. The number of rotatable bonds is 9. The molecule has 29 heavy (non-hydrogen) atoms. The van der Waals surface area contributed by atoms with Gasteiger partial charge in [0.15, 0.2) is 0 Å². The van der Waals surface area contributed by atoms with E-state index < -0.39 is 10.0 Å². The fourth-order valence-electron chi connectivity index (χ4n) is 2.72. The predicted molar refractivity (Wildman–Crippen MR) is 115 cm³/mol. The zero-order valence-corrected chi connectivity index (χ0v) is 19.0. The Morgan fingerprint density at radius 2 is 1.90 bits per heavy atom. The number of benzene rings is 1. The molecule has 0 spiro atoms. The second-order valence-electron chi connectivity index (χ2n) is 7.30. The number of hydrogen-bond acceptors (Lipinski definition) is 5. The number of carbonyl (C=O) groups excluding carboxylic acids is 1. The van der Waals surface area contributed by atoms with Crippen molar-refractivity contribution in [3.8, 4) is 0 Å². The zero-order chi connectivity index (χ0) is 21.8. The minimum atomic E-state index is -3.62. The molecule has 9 heteroatoms. The van der Waals surface area contributed by atoms with Crippen LogP contribution in [0.15, 0.2) is 39.6 Å². The van der Waals surface area contributed by atoms with E-state index in [9.17, 15) is 13.2 Å². The largest absolute Gasteiger partial charge is 0.465 e. The highest BCUT2D eigenvalue weighted by Crippen LogP contribution is 2.26. The quantitative estimate of drug-likeness (QED) is 0.641. The average molecular weight is 442 g/mol. The zero-order valence-electron chi connectivity index (χ0n) is 17.4. The average Bonchev–Trinajstić information content (AvgIpc) is 3.04. The molecule has 1 heterocycles. The summed E-state index contributed by atoms with van der Waals surface area (Å²) in [4.78, 5) is 14.7. The van der Waals surface area contributed by atoms with Crippen LogP contribution >= 0.6 is 11.6 Å². The molecule has 1 N–H and O–H groups in total. The lowest BCUT2D eigenvalue weighted by atomic mass is 10.2. The Morgan fingerprint density at radius 3 is 2.45 bits per heavy atom. The van der Waals surface area contributed by atoms with Crippen molar-refractivity contribution in [1.29, 1.82) is 0 Å². The lowest BCUT2D eigenvalue weighted by molar-refractivity contribution is -0.116. The Morgan fingerprint density at radius 1 is 1.21 bits per heavy atom. The smallest absolute Gasteiger partial charge is 0.242 e. The van der Waals surface area contributed by atoms with Crippen LogP contribution in [-0.2, 0) is 21.4 Å². The van der Waals surface area contributed by atoms with Crippen LogP contribution in [0.2, 0.25) is 5.02 Å². The summed E-state index contributed by atoms with van der Waals surface area (Å²) in [5, 5.41) is 3.00. The fraction of sp³-hybridized carbons (Fsp3) is 0.450. The van der Waals surface area contributed by atoms with Gasteiger partial charge in [-0.25, -0.2) is 12.7 Å². The molecular formula is C20H28ClN3O4S. The van der Waals surface area contributed by atoms with E-state index in [2.05, 4.69) is 24.1 Å². The molecule has 0 saturated heterocycles. The van der Waals surface area contributed by atoms with E-state index in [1.807, 2.05) is 19.1 Å². The molecule has 0 fully saturated rings. The van der Waals surface area contributed by atoms with Crippen molar-refractivity contribution in [3.63, 3.8) is 0 Å². The molecule has 0 bridgehead atoms. The van der Waals surface area contributed by atoms with Crippen molar-refractivity contribution in [2.45, 2.75) is 44.7 Å². The van der Waals surface area contributed by atoms with Gasteiger partial charge < -0.3 is 9.73 Å². The van der Waals surface area contributed by atoms with Crippen molar-refractivity contribution in [2.24, 2.45) is 0 Å². The monoisotopic (exact) mass is 441 g/mol. The summed E-state index contributed by atoms with van der Waals surface area (Å²) in [5.74, 6) is 1.46. The second-order valence-corrected chi connectivity index (χ2v) is 9.86. The van der Waals surface area contributed by atoms with Crippen molar-refractivity contribution in [2.75, 3.05) is 26.0 Å². The maximum absolute atomic E-state index is 12.5. The lowest BCUT2D eigenvalue weighted by Crippen LogP contribution is -2.33. The molecule has 1 amide bonds. The summed E-state index contributed by atoms with van der Waals surface area (Å²) in [5.41, 5.74) is 0.275. The normalized spacial score (nSPS) is 12.2. The van der Waals surface area contributed by atoms with E-state index >= 15 is 0 Å². The molecule has 0 radical (unpaired) electrons. The van der Waals surface area contributed by atoms with Gasteiger partial charge in [0, 0.05) is 33.1 Å². The van der Waals surface area contributed by atoms with Gasteiger partial charge in [-0.1, -0.05) is 11.6 Å². The van der Waals surface area contributed by atoms with Gasteiger partial charge in [0.1, 0.15) is 11.5 Å². The molecule has 7 nitrogen and oxygen atoms in total. The Hall–Kier alpha value is -1.87. The van der Waals surface area contributed by atoms with Gasteiger partial charge >= 0.3 is 0 Å². The van der Waals surface area contributed by atoms with Crippen molar-refractivity contribution < 1.29 is 17.6 Å². The predicted octanol–water partition coefficient (Wildman–Crippen LogP) is 3.73. The van der Waals surface area contributed by atoms with Gasteiger partial charge in [-0.3, -0.25) is 9.69 Å². The number of sulfonamides is 1. The van der Waals surface area contributed by atoms with E-state index in [1.54, 1.807) is 0 Å². The summed E-state index contributed by atoms with van der Waals surface area (Å²) >= 11 is 6.15. The number of nitrogens with zero attached hydrogens (tertiary/aromatic N) is 2. The summed E-state index contributed by atoms with van der Waals surface area (Å²) in [6.45, 7) is 7.14. The van der Waals surface area contributed by atoms with E-state index in [1.165, 1.54) is 32.3 Å². The third-order valence-electron chi connectivity index (χ3n) is 4.50. The van der Waals surface area contributed by atoms with E-state index in [4.69, 9.17) is 16.0 Å². The number of aryl methyl sites for hydroxylation is 1. The molecule has 2 rings (SSSR count). The molecule has 0 saturated carbocycles. The van der Waals surface area contributed by atoms with Crippen molar-refractivity contribution >= 4 is 33.2 Å². The van der Waals surface area contributed by atoms with Crippen LogP contribution in [0, 0.1) is 6.92 Å². The van der Waals surface area contributed by atoms with Crippen LogP contribution in [0.3, 0.4) is 0 Å². The van der Waals surface area contributed by atoms with Gasteiger partial charge in [-0.05, 0) is 51.1 Å². The lowest BCUT2D eigenvalue weighted by Gasteiger charge is -2.25. The van der Waals surface area contributed by atoms with E-state index in [-0.39, 0.29) is 34.0 Å². The number of furan rings is 1. The molecule has 0 unspecified atom stereocenters. The molecule has 0 aliphatic carbocycles. The van der Waals surface area contributed by atoms with Crippen LogP contribution in [-0.4, -0.2) is 50.2 Å². The molecule has 0 atom stereocenters. The standard InChI is InChI=1S/C20H28ClN3O4S/c1-14(2)24(13-16-7-6-15(3)28-16)11-10-20(25)22-19-12-17(8-9-18(19)21)29(26,27)23(4)5/h6-9,12,14H,10-11,13H2,1-5H3,(H,22,25). The van der Waals surface area contributed by atoms with Crippen molar-refractivity contribution in [3.05, 3.63) is 46.9 Å². The first kappa shape index (κ1) is 23.4. The minimum Gasteiger partial charge on any atom is -0.465 e. The Kier molecular flexibility index (Phi) is 7.87. The maximum atomic E-state index is 12.5. The second kappa shape index (κ2) is 9.75. The molecule has 1 aromatic carbocycles. The summed E-state index contributed by atoms with van der Waals surface area (Å²) < 4.78 is 31.3. The van der Waals surface area contributed by atoms with E-state index in [0.717, 1.165) is 15.8 Å². The number of hydrogen-bond donors (Lipinski definition) is 1. The number of nitrogens with one attached hydrogen (secondary N) is 1. The van der Waals surface area contributed by atoms with Gasteiger partial charge in [-0.15, -0.1) is 0 Å². The molecule has 2 aromatic rings. The van der Waals surface area contributed by atoms with Crippen LogP contribution in [0.1, 0.15) is 31.8 Å². The molecule has 0 aliphatic heterocycles. The van der Waals surface area contributed by atoms with Crippen LogP contribution in [0.5, 0.6) is 0 Å². The van der Waals surface area contributed by atoms with Gasteiger partial charge in [-0.2, -0.15) is 0 Å². The topological polar surface area (TPSA) is 82.9 Å². The first-order valence-electron chi connectivity index (χ1n) is 9.32. The van der Waals surface area contributed by atoms with Crippen LogP contribution < -0.4 is 5.32 Å². The highest BCUT2D eigenvalue weighted by atomic mass is 35.5. The number of halogens is 1. The third-order valence-corrected chi connectivity index (χ3v) is 6.64. The summed E-state index contributed by atoms with van der Waals surface area (Å²) in [6, 6.07) is 8.33. The number of carbonyl (C=O) groups is 1.